The number of allylic oxidation sites excluding steroid dienone is 1. The van der Waals surface area contributed by atoms with Gasteiger partial charge in [-0.15, -0.1) is 0 Å². The number of hydrazone groups is 1. The fourth-order valence-corrected chi connectivity index (χ4v) is 4.35. The van der Waals surface area contributed by atoms with Crippen LogP contribution in [0.3, 0.4) is 0 Å². The molecule has 4 rings (SSSR count). The van der Waals surface area contributed by atoms with Crippen molar-refractivity contribution >= 4 is 23.4 Å². The molecule has 1 aliphatic heterocycles. The van der Waals surface area contributed by atoms with Crippen molar-refractivity contribution in [3.05, 3.63) is 88.5 Å². The van der Waals surface area contributed by atoms with Gasteiger partial charge in [-0.3, -0.25) is 4.79 Å². The number of likely N-dealkylation sites (N-methyl/N-ethyl adjacent to an activating group) is 1. The molecule has 2 aromatic carbocycles. The number of aryl methyl sites for hydroxylation is 2. The number of fused-ring (bicyclic) bond motifs is 1. The first-order valence-corrected chi connectivity index (χ1v) is 10.9. The average molecular weight is 445 g/mol. The molecule has 0 unspecified atom stereocenters. The zero-order valence-corrected chi connectivity index (χ0v) is 19.9. The zero-order valence-electron chi connectivity index (χ0n) is 19.9. The van der Waals surface area contributed by atoms with Gasteiger partial charge in [-0.25, -0.2) is 9.82 Å². The van der Waals surface area contributed by atoms with E-state index in [0.717, 1.165) is 33.9 Å². The molecule has 0 fully saturated rings. The SMILES string of the molecule is CC1=CC(C)(C)N(C)c2cc(F)c(/C=N\NC(=O)c3ccc(-n4c(C)ccc4C)cc3)cc21. The predicted molar refractivity (Wildman–Crippen MR) is 133 cm³/mol. The molecule has 0 saturated heterocycles. The number of nitrogens with one attached hydrogen (secondary N) is 1. The zero-order chi connectivity index (χ0) is 23.9. The molecule has 1 aliphatic rings. The Morgan fingerprint density at radius 3 is 2.30 bits per heavy atom. The monoisotopic (exact) mass is 444 g/mol. The topological polar surface area (TPSA) is 49.6 Å². The van der Waals surface area contributed by atoms with E-state index in [1.807, 2.05) is 40.0 Å². The first kappa shape index (κ1) is 22.5. The average Bonchev–Trinajstić information content (AvgIpc) is 3.10. The van der Waals surface area contributed by atoms with Gasteiger partial charge in [-0.1, -0.05) is 6.08 Å². The molecule has 0 bridgehead atoms. The highest BCUT2D eigenvalue weighted by Crippen LogP contribution is 2.38. The Labute approximate surface area is 194 Å². The van der Waals surface area contributed by atoms with Gasteiger partial charge in [0.1, 0.15) is 5.82 Å². The lowest BCUT2D eigenvalue weighted by Crippen LogP contribution is -2.42. The smallest absolute Gasteiger partial charge is 0.271 e. The van der Waals surface area contributed by atoms with Crippen molar-refractivity contribution in [3.63, 3.8) is 0 Å². The minimum Gasteiger partial charge on any atom is -0.365 e. The number of aromatic nitrogens is 1. The lowest BCUT2D eigenvalue weighted by molar-refractivity contribution is 0.0955. The van der Waals surface area contributed by atoms with Crippen LogP contribution >= 0.6 is 0 Å². The minimum atomic E-state index is -0.383. The summed E-state index contributed by atoms with van der Waals surface area (Å²) >= 11 is 0. The molecule has 0 saturated carbocycles. The molecule has 5 nitrogen and oxygen atoms in total. The molecule has 170 valence electrons. The van der Waals surface area contributed by atoms with Crippen molar-refractivity contribution in [2.75, 3.05) is 11.9 Å². The van der Waals surface area contributed by atoms with Crippen LogP contribution in [-0.2, 0) is 0 Å². The van der Waals surface area contributed by atoms with Crippen LogP contribution in [0.4, 0.5) is 10.1 Å². The largest absolute Gasteiger partial charge is 0.365 e. The van der Waals surface area contributed by atoms with Crippen molar-refractivity contribution < 1.29 is 9.18 Å². The minimum absolute atomic E-state index is 0.193. The van der Waals surface area contributed by atoms with Crippen LogP contribution in [0.5, 0.6) is 0 Å². The second-order valence-corrected chi connectivity index (χ2v) is 9.13. The molecule has 0 aliphatic carbocycles. The van der Waals surface area contributed by atoms with E-state index in [0.29, 0.717) is 11.1 Å². The van der Waals surface area contributed by atoms with Gasteiger partial charge in [0, 0.05) is 46.5 Å². The van der Waals surface area contributed by atoms with Crippen LogP contribution < -0.4 is 10.3 Å². The van der Waals surface area contributed by atoms with Gasteiger partial charge in [0.05, 0.1) is 11.8 Å². The Kier molecular flexibility index (Phi) is 5.70. The number of halogens is 1. The van der Waals surface area contributed by atoms with Crippen molar-refractivity contribution in [1.29, 1.82) is 0 Å². The van der Waals surface area contributed by atoms with E-state index in [-0.39, 0.29) is 17.3 Å². The maximum atomic E-state index is 14.8. The second kappa shape index (κ2) is 8.35. The fraction of sp³-hybridized carbons (Fsp3) is 0.259. The summed E-state index contributed by atoms with van der Waals surface area (Å²) in [5.74, 6) is -0.736. The third-order valence-electron chi connectivity index (χ3n) is 6.36. The number of hydrogen-bond donors (Lipinski definition) is 1. The molecular weight excluding hydrogens is 415 g/mol. The maximum absolute atomic E-state index is 14.8. The molecule has 0 spiro atoms. The van der Waals surface area contributed by atoms with Crippen LogP contribution in [0.15, 0.2) is 59.7 Å². The van der Waals surface area contributed by atoms with Crippen LogP contribution in [-0.4, -0.2) is 29.3 Å². The lowest BCUT2D eigenvalue weighted by atomic mass is 9.88. The highest BCUT2D eigenvalue weighted by molar-refractivity contribution is 5.95. The number of amides is 1. The number of nitrogens with zero attached hydrogens (tertiary/aromatic N) is 3. The first-order valence-electron chi connectivity index (χ1n) is 10.9. The van der Waals surface area contributed by atoms with Crippen LogP contribution in [0.25, 0.3) is 11.3 Å². The fourth-order valence-electron chi connectivity index (χ4n) is 4.35. The van der Waals surface area contributed by atoms with Crippen molar-refractivity contribution in [1.82, 2.24) is 9.99 Å². The normalized spacial score (nSPS) is 14.9. The maximum Gasteiger partial charge on any atom is 0.271 e. The summed E-state index contributed by atoms with van der Waals surface area (Å²) in [6.07, 6.45) is 3.51. The number of carbonyl (C=O) groups excluding carboxylic acids is 1. The predicted octanol–water partition coefficient (Wildman–Crippen LogP) is 5.63. The van der Waals surface area contributed by atoms with Gasteiger partial charge in [0.2, 0.25) is 0 Å². The van der Waals surface area contributed by atoms with E-state index >= 15 is 0 Å². The molecule has 0 atom stereocenters. The summed E-state index contributed by atoms with van der Waals surface area (Å²) in [7, 11) is 1.96. The van der Waals surface area contributed by atoms with Gasteiger partial charge in [-0.05, 0) is 88.7 Å². The lowest BCUT2D eigenvalue weighted by Gasteiger charge is -2.40. The highest BCUT2D eigenvalue weighted by atomic mass is 19.1. The second-order valence-electron chi connectivity index (χ2n) is 9.13. The number of anilines is 1. The third kappa shape index (κ3) is 4.21. The van der Waals surface area contributed by atoms with Gasteiger partial charge in [-0.2, -0.15) is 5.10 Å². The Bertz CT molecular complexity index is 1260. The number of rotatable bonds is 4. The van der Waals surface area contributed by atoms with Crippen LogP contribution in [0.1, 0.15) is 53.6 Å². The van der Waals surface area contributed by atoms with Crippen molar-refractivity contribution in [2.45, 2.75) is 40.2 Å². The quantitative estimate of drug-likeness (QED) is 0.419. The molecule has 6 heteroatoms. The van der Waals surface area contributed by atoms with Gasteiger partial charge < -0.3 is 9.47 Å². The van der Waals surface area contributed by atoms with Crippen molar-refractivity contribution in [2.24, 2.45) is 5.10 Å². The Morgan fingerprint density at radius 2 is 1.67 bits per heavy atom. The highest BCUT2D eigenvalue weighted by Gasteiger charge is 2.29. The number of hydrogen-bond acceptors (Lipinski definition) is 3. The van der Waals surface area contributed by atoms with Gasteiger partial charge in [0.25, 0.3) is 5.91 Å². The van der Waals surface area contributed by atoms with E-state index in [9.17, 15) is 9.18 Å². The van der Waals surface area contributed by atoms with E-state index < -0.39 is 0 Å². The van der Waals surface area contributed by atoms with Crippen molar-refractivity contribution in [3.8, 4) is 5.69 Å². The van der Waals surface area contributed by atoms with E-state index in [1.54, 1.807) is 18.2 Å². The third-order valence-corrected chi connectivity index (χ3v) is 6.36. The molecule has 1 N–H and O–H groups in total. The van der Waals surface area contributed by atoms with E-state index in [4.69, 9.17) is 0 Å². The summed E-state index contributed by atoms with van der Waals surface area (Å²) in [6.45, 7) is 10.3. The molecule has 1 amide bonds. The van der Waals surface area contributed by atoms with Gasteiger partial charge >= 0.3 is 0 Å². The van der Waals surface area contributed by atoms with E-state index in [1.165, 1.54) is 12.3 Å². The van der Waals surface area contributed by atoms with Gasteiger partial charge in [0.15, 0.2) is 0 Å². The van der Waals surface area contributed by atoms with E-state index in [2.05, 4.69) is 52.1 Å². The molecular formula is C27H29FN4O. The Morgan fingerprint density at radius 1 is 1.03 bits per heavy atom. The molecule has 3 aromatic rings. The summed E-state index contributed by atoms with van der Waals surface area (Å²) in [5, 5.41) is 4.00. The summed E-state index contributed by atoms with van der Waals surface area (Å²) < 4.78 is 16.9. The number of benzene rings is 2. The summed E-state index contributed by atoms with van der Waals surface area (Å²) in [6, 6.07) is 14.7. The molecule has 0 radical (unpaired) electrons. The summed E-state index contributed by atoms with van der Waals surface area (Å²) in [5.41, 5.74) is 9.23. The first-order chi connectivity index (χ1) is 15.6. The van der Waals surface area contributed by atoms with Crippen LogP contribution in [0.2, 0.25) is 0 Å². The molecule has 1 aromatic heterocycles. The van der Waals surface area contributed by atoms with Crippen LogP contribution in [0, 0.1) is 19.7 Å². The Hall–Kier alpha value is -3.67. The molecule has 2 heterocycles. The Balaban J connectivity index is 1.50. The number of carbonyl (C=O) groups is 1. The molecule has 33 heavy (non-hydrogen) atoms. The summed E-state index contributed by atoms with van der Waals surface area (Å²) in [4.78, 5) is 14.6. The standard InChI is InChI=1S/C27H29FN4O/c1-17-15-27(4,5)31(6)25-14-24(28)21(13-23(17)25)16-29-30-26(33)20-9-11-22(12-10-20)32-18(2)7-8-19(32)3/h7-16H,1-6H3,(H,30,33)/b29-16-.